The average molecular weight is 248 g/mol. The van der Waals surface area contributed by atoms with E-state index < -0.39 is 0 Å². The lowest BCUT2D eigenvalue weighted by Gasteiger charge is -2.36. The van der Waals surface area contributed by atoms with Crippen LogP contribution in [0.3, 0.4) is 0 Å². The van der Waals surface area contributed by atoms with Crippen molar-refractivity contribution in [3.63, 3.8) is 0 Å². The maximum atomic E-state index is 4.55. The normalized spacial score (nSPS) is 25.6. The summed E-state index contributed by atoms with van der Waals surface area (Å²) in [6, 6.07) is 2.99. The molecule has 1 aromatic heterocycles. The summed E-state index contributed by atoms with van der Waals surface area (Å²) in [5, 5.41) is 8.10. The fourth-order valence-corrected chi connectivity index (χ4v) is 3.12. The van der Waals surface area contributed by atoms with E-state index in [4.69, 9.17) is 0 Å². The van der Waals surface area contributed by atoms with Crippen LogP contribution in [0.15, 0.2) is 6.07 Å². The van der Waals surface area contributed by atoms with Gasteiger partial charge in [0.25, 0.3) is 0 Å². The summed E-state index contributed by atoms with van der Waals surface area (Å²) in [6.07, 6.45) is 2.85. The van der Waals surface area contributed by atoms with Gasteiger partial charge in [0.2, 0.25) is 0 Å². The fourth-order valence-electron chi connectivity index (χ4n) is 3.12. The zero-order valence-corrected chi connectivity index (χ0v) is 11.5. The molecule has 1 saturated carbocycles. The van der Waals surface area contributed by atoms with Crippen molar-refractivity contribution in [2.45, 2.75) is 45.8 Å². The minimum Gasteiger partial charge on any atom is -0.314 e. The van der Waals surface area contributed by atoms with Crippen molar-refractivity contribution in [2.24, 2.45) is 5.92 Å². The Balaban J connectivity index is 1.72. The molecule has 0 radical (unpaired) electrons. The van der Waals surface area contributed by atoms with E-state index in [2.05, 4.69) is 39.9 Å². The number of nitrogens with zero attached hydrogens (tertiary/aromatic N) is 3. The molecule has 0 bridgehead atoms. The number of aromatic nitrogens is 2. The zero-order valence-electron chi connectivity index (χ0n) is 11.5. The van der Waals surface area contributed by atoms with E-state index in [-0.39, 0.29) is 0 Å². The Kier molecular flexibility index (Phi) is 3.39. The van der Waals surface area contributed by atoms with E-state index in [1.807, 2.05) is 0 Å². The molecule has 3 rings (SSSR count). The lowest BCUT2D eigenvalue weighted by Crippen LogP contribution is -2.51. The Morgan fingerprint density at radius 2 is 2.28 bits per heavy atom. The van der Waals surface area contributed by atoms with Crippen LogP contribution < -0.4 is 5.32 Å². The highest BCUT2D eigenvalue weighted by Gasteiger charge is 2.36. The van der Waals surface area contributed by atoms with Crippen molar-refractivity contribution < 1.29 is 0 Å². The first-order valence-corrected chi connectivity index (χ1v) is 7.26. The molecule has 1 N–H and O–H groups in total. The van der Waals surface area contributed by atoms with Gasteiger partial charge in [0.1, 0.15) is 0 Å². The van der Waals surface area contributed by atoms with Crippen LogP contribution in [0.5, 0.6) is 0 Å². The van der Waals surface area contributed by atoms with Gasteiger partial charge in [-0.2, -0.15) is 5.10 Å². The Bertz CT molecular complexity index is 408. The molecule has 100 valence electrons. The largest absolute Gasteiger partial charge is 0.314 e. The minimum absolute atomic E-state index is 0.749. The van der Waals surface area contributed by atoms with Crippen LogP contribution in [0.2, 0.25) is 0 Å². The zero-order chi connectivity index (χ0) is 12.5. The van der Waals surface area contributed by atoms with Crippen LogP contribution in [-0.4, -0.2) is 40.4 Å². The number of rotatable bonds is 4. The standard InChI is InChI=1S/C14H24N4/c1-3-18-13(8-11(2)16-18)10-17-7-6-15-9-14(17)12-4-5-12/h8,12,14-15H,3-7,9-10H2,1-2H3. The van der Waals surface area contributed by atoms with Gasteiger partial charge in [-0.25, -0.2) is 0 Å². The average Bonchev–Trinajstić information content (AvgIpc) is 3.15. The van der Waals surface area contributed by atoms with Crippen LogP contribution in [-0.2, 0) is 13.1 Å². The molecule has 1 aliphatic heterocycles. The van der Waals surface area contributed by atoms with E-state index in [1.54, 1.807) is 0 Å². The smallest absolute Gasteiger partial charge is 0.0597 e. The maximum absolute atomic E-state index is 4.55. The van der Waals surface area contributed by atoms with Crippen molar-refractivity contribution in [3.8, 4) is 0 Å². The summed E-state index contributed by atoms with van der Waals surface area (Å²) in [7, 11) is 0. The van der Waals surface area contributed by atoms with Gasteiger partial charge in [0, 0.05) is 38.8 Å². The van der Waals surface area contributed by atoms with Crippen molar-refractivity contribution in [2.75, 3.05) is 19.6 Å². The van der Waals surface area contributed by atoms with Gasteiger partial charge < -0.3 is 5.32 Å². The second-order valence-corrected chi connectivity index (χ2v) is 5.67. The first kappa shape index (κ1) is 12.2. The van der Waals surface area contributed by atoms with Crippen LogP contribution >= 0.6 is 0 Å². The van der Waals surface area contributed by atoms with Gasteiger partial charge in [-0.05, 0) is 38.7 Å². The van der Waals surface area contributed by atoms with Gasteiger partial charge >= 0.3 is 0 Å². The molecule has 2 heterocycles. The SMILES string of the molecule is CCn1nc(C)cc1CN1CCNCC1C1CC1. The summed E-state index contributed by atoms with van der Waals surface area (Å²) in [5.41, 5.74) is 2.52. The number of hydrogen-bond donors (Lipinski definition) is 1. The first-order chi connectivity index (χ1) is 8.78. The van der Waals surface area contributed by atoms with E-state index >= 15 is 0 Å². The van der Waals surface area contributed by atoms with Crippen LogP contribution in [0.1, 0.15) is 31.2 Å². The van der Waals surface area contributed by atoms with Crippen LogP contribution in [0.25, 0.3) is 0 Å². The fraction of sp³-hybridized carbons (Fsp3) is 0.786. The summed E-state index contributed by atoms with van der Waals surface area (Å²) >= 11 is 0. The van der Waals surface area contributed by atoms with Gasteiger partial charge in [0.15, 0.2) is 0 Å². The second kappa shape index (κ2) is 5.02. The van der Waals surface area contributed by atoms with E-state index in [9.17, 15) is 0 Å². The summed E-state index contributed by atoms with van der Waals surface area (Å²) in [5.74, 6) is 0.942. The molecule has 2 aliphatic rings. The molecule has 4 nitrogen and oxygen atoms in total. The third kappa shape index (κ3) is 2.45. The molecule has 18 heavy (non-hydrogen) atoms. The predicted molar refractivity (Wildman–Crippen MR) is 72.4 cm³/mol. The second-order valence-electron chi connectivity index (χ2n) is 5.67. The topological polar surface area (TPSA) is 33.1 Å². The highest BCUT2D eigenvalue weighted by atomic mass is 15.3. The van der Waals surface area contributed by atoms with Crippen molar-refractivity contribution >= 4 is 0 Å². The summed E-state index contributed by atoms with van der Waals surface area (Å²) in [6.45, 7) is 9.78. The molecular formula is C14H24N4. The summed E-state index contributed by atoms with van der Waals surface area (Å²) in [4.78, 5) is 2.66. The quantitative estimate of drug-likeness (QED) is 0.874. The minimum atomic E-state index is 0.749. The van der Waals surface area contributed by atoms with Crippen molar-refractivity contribution in [1.29, 1.82) is 0 Å². The monoisotopic (exact) mass is 248 g/mol. The Morgan fingerprint density at radius 1 is 1.44 bits per heavy atom. The van der Waals surface area contributed by atoms with Crippen LogP contribution in [0, 0.1) is 12.8 Å². The molecule has 1 atom stereocenters. The van der Waals surface area contributed by atoms with Gasteiger partial charge in [-0.3, -0.25) is 9.58 Å². The first-order valence-electron chi connectivity index (χ1n) is 7.26. The third-order valence-electron chi connectivity index (χ3n) is 4.21. The Morgan fingerprint density at radius 3 is 3.00 bits per heavy atom. The molecule has 0 spiro atoms. The molecule has 1 saturated heterocycles. The highest BCUT2D eigenvalue weighted by Crippen LogP contribution is 2.36. The van der Waals surface area contributed by atoms with E-state index in [1.165, 1.54) is 31.6 Å². The Labute approximate surface area is 109 Å². The van der Waals surface area contributed by atoms with Crippen molar-refractivity contribution in [1.82, 2.24) is 20.0 Å². The predicted octanol–water partition coefficient (Wildman–Crippen LogP) is 1.40. The lowest BCUT2D eigenvalue weighted by atomic mass is 10.1. The molecule has 1 aliphatic carbocycles. The number of aryl methyl sites for hydroxylation is 2. The lowest BCUT2D eigenvalue weighted by molar-refractivity contribution is 0.132. The van der Waals surface area contributed by atoms with Gasteiger partial charge in [-0.1, -0.05) is 0 Å². The Hall–Kier alpha value is -0.870. The molecule has 0 amide bonds. The number of piperazine rings is 1. The van der Waals surface area contributed by atoms with E-state index in [0.717, 1.165) is 37.3 Å². The van der Waals surface area contributed by atoms with Gasteiger partial charge in [-0.15, -0.1) is 0 Å². The molecule has 1 aromatic rings. The molecular weight excluding hydrogens is 224 g/mol. The number of nitrogens with one attached hydrogen (secondary N) is 1. The van der Waals surface area contributed by atoms with Gasteiger partial charge in [0.05, 0.1) is 11.4 Å². The van der Waals surface area contributed by atoms with Crippen molar-refractivity contribution in [3.05, 3.63) is 17.5 Å². The summed E-state index contributed by atoms with van der Waals surface area (Å²) < 4.78 is 2.15. The number of hydrogen-bond acceptors (Lipinski definition) is 3. The van der Waals surface area contributed by atoms with E-state index in [0.29, 0.717) is 0 Å². The van der Waals surface area contributed by atoms with Crippen LogP contribution in [0.4, 0.5) is 0 Å². The molecule has 2 fully saturated rings. The molecule has 4 heteroatoms. The maximum Gasteiger partial charge on any atom is 0.0597 e. The highest BCUT2D eigenvalue weighted by molar-refractivity contribution is 5.09. The third-order valence-corrected chi connectivity index (χ3v) is 4.21. The molecule has 1 unspecified atom stereocenters. The molecule has 0 aromatic carbocycles.